The number of aliphatic hydroxyl groups excluding tert-OH is 1. The van der Waals surface area contributed by atoms with Gasteiger partial charge >= 0.3 is 12.4 Å². The molecule has 4 nitrogen and oxygen atoms in total. The largest absolute Gasteiger partial charge is 0.416 e. The number of rotatable bonds is 4. The summed E-state index contributed by atoms with van der Waals surface area (Å²) < 4.78 is 103. The molecular weight excluding hydrogens is 435 g/mol. The minimum absolute atomic E-state index is 0.0219. The van der Waals surface area contributed by atoms with Gasteiger partial charge in [-0.05, 0) is 42.8 Å². The Bertz CT molecular complexity index is 922. The molecule has 0 bridgehead atoms. The highest BCUT2D eigenvalue weighted by atomic mass is 19.4. The Morgan fingerprint density at radius 1 is 1.00 bits per heavy atom. The van der Waals surface area contributed by atoms with Gasteiger partial charge in [-0.15, -0.1) is 0 Å². The van der Waals surface area contributed by atoms with Crippen LogP contribution in [0.4, 0.5) is 30.7 Å². The normalized spacial score (nSPS) is 21.0. The van der Waals surface area contributed by atoms with Crippen LogP contribution in [0.1, 0.15) is 35.3 Å². The van der Waals surface area contributed by atoms with E-state index in [0.717, 1.165) is 12.1 Å². The standard InChI is InChI=1S/C20H16F7NO3/c1-10(12-6-13(19(22,23)24)8-14(7-12)20(25,26)27)31-18-17(28-16(29)9-30-18)11-2-4-15(21)5-3-11/h2-8,10,16,18,29H,9H2,1H3/t10-,16-,18-/m1/s1. The fourth-order valence-corrected chi connectivity index (χ4v) is 2.92. The van der Waals surface area contributed by atoms with Crippen LogP contribution in [0, 0.1) is 5.82 Å². The van der Waals surface area contributed by atoms with Gasteiger partial charge in [-0.1, -0.05) is 12.1 Å². The molecule has 0 saturated carbocycles. The number of aliphatic hydroxyl groups is 1. The highest BCUT2D eigenvalue weighted by Crippen LogP contribution is 2.38. The van der Waals surface area contributed by atoms with E-state index in [4.69, 9.17) is 9.47 Å². The average Bonchev–Trinajstić information content (AvgIpc) is 2.68. The third-order valence-electron chi connectivity index (χ3n) is 4.46. The number of aliphatic imine (C=N–C) groups is 1. The van der Waals surface area contributed by atoms with Crippen LogP contribution in [0.5, 0.6) is 0 Å². The third-order valence-corrected chi connectivity index (χ3v) is 4.46. The zero-order valence-electron chi connectivity index (χ0n) is 15.8. The molecule has 0 aromatic heterocycles. The van der Waals surface area contributed by atoms with Crippen molar-refractivity contribution in [3.05, 3.63) is 70.5 Å². The van der Waals surface area contributed by atoms with Crippen LogP contribution >= 0.6 is 0 Å². The van der Waals surface area contributed by atoms with Crippen molar-refractivity contribution in [2.45, 2.75) is 37.9 Å². The summed E-state index contributed by atoms with van der Waals surface area (Å²) in [5, 5.41) is 9.72. The number of benzene rings is 2. The van der Waals surface area contributed by atoms with Crippen molar-refractivity contribution in [1.82, 2.24) is 0 Å². The molecule has 1 aliphatic rings. The molecule has 168 valence electrons. The van der Waals surface area contributed by atoms with Crippen molar-refractivity contribution < 1.29 is 45.3 Å². The van der Waals surface area contributed by atoms with Gasteiger partial charge in [0.1, 0.15) is 11.5 Å². The Kier molecular flexibility index (Phi) is 6.40. The maximum absolute atomic E-state index is 13.2. The lowest BCUT2D eigenvalue weighted by atomic mass is 10.0. The smallest absolute Gasteiger partial charge is 0.370 e. The topological polar surface area (TPSA) is 51.0 Å². The molecule has 31 heavy (non-hydrogen) atoms. The monoisotopic (exact) mass is 451 g/mol. The van der Waals surface area contributed by atoms with Crippen LogP contribution in [-0.4, -0.2) is 29.9 Å². The molecule has 1 N–H and O–H groups in total. The van der Waals surface area contributed by atoms with Crippen molar-refractivity contribution in [1.29, 1.82) is 0 Å². The molecule has 0 amide bonds. The molecule has 0 spiro atoms. The SMILES string of the molecule is C[C@@H](O[C@H]1OC[C@@H](O)N=C1c1ccc(F)cc1)c1cc(C(F)(F)F)cc(C(F)(F)F)c1. The van der Waals surface area contributed by atoms with E-state index in [2.05, 4.69) is 4.99 Å². The summed E-state index contributed by atoms with van der Waals surface area (Å²) >= 11 is 0. The van der Waals surface area contributed by atoms with Gasteiger partial charge in [0.05, 0.1) is 23.8 Å². The first-order valence-corrected chi connectivity index (χ1v) is 8.93. The lowest BCUT2D eigenvalue weighted by Gasteiger charge is -2.29. The maximum atomic E-state index is 13.2. The molecule has 11 heteroatoms. The predicted molar refractivity (Wildman–Crippen MR) is 94.6 cm³/mol. The number of nitrogens with zero attached hydrogens (tertiary/aromatic N) is 1. The molecule has 2 aromatic carbocycles. The van der Waals surface area contributed by atoms with E-state index in [-0.39, 0.29) is 23.9 Å². The summed E-state index contributed by atoms with van der Waals surface area (Å²) in [7, 11) is 0. The Hall–Kier alpha value is -2.50. The lowest BCUT2D eigenvalue weighted by Crippen LogP contribution is -2.37. The minimum atomic E-state index is -5.00. The van der Waals surface area contributed by atoms with Crippen molar-refractivity contribution in [2.75, 3.05) is 6.61 Å². The van der Waals surface area contributed by atoms with Gasteiger partial charge in [-0.2, -0.15) is 26.3 Å². The molecular formula is C20H16F7NO3. The average molecular weight is 451 g/mol. The first-order chi connectivity index (χ1) is 14.3. The minimum Gasteiger partial charge on any atom is -0.370 e. The van der Waals surface area contributed by atoms with E-state index < -0.39 is 47.9 Å². The molecule has 0 aliphatic carbocycles. The summed E-state index contributed by atoms with van der Waals surface area (Å²) in [4.78, 5) is 3.96. The van der Waals surface area contributed by atoms with Crippen molar-refractivity contribution >= 4 is 5.71 Å². The first-order valence-electron chi connectivity index (χ1n) is 8.93. The van der Waals surface area contributed by atoms with Gasteiger partial charge in [-0.3, -0.25) is 4.99 Å². The van der Waals surface area contributed by atoms with Crippen LogP contribution in [0.15, 0.2) is 47.5 Å². The summed E-state index contributed by atoms with van der Waals surface area (Å²) in [5.41, 5.74) is -3.00. The molecule has 3 rings (SSSR count). The zero-order valence-corrected chi connectivity index (χ0v) is 15.8. The number of hydrogen-bond acceptors (Lipinski definition) is 4. The second kappa shape index (κ2) is 8.56. The molecule has 0 radical (unpaired) electrons. The van der Waals surface area contributed by atoms with E-state index in [1.54, 1.807) is 0 Å². The molecule has 1 aliphatic heterocycles. The molecule has 0 saturated heterocycles. The second-order valence-electron chi connectivity index (χ2n) is 6.78. The summed E-state index contributed by atoms with van der Waals surface area (Å²) in [6.07, 6.45) is -13.8. The fourth-order valence-electron chi connectivity index (χ4n) is 2.92. The van der Waals surface area contributed by atoms with Crippen LogP contribution in [0.2, 0.25) is 0 Å². The van der Waals surface area contributed by atoms with Gasteiger partial charge in [0.25, 0.3) is 0 Å². The van der Waals surface area contributed by atoms with E-state index in [1.807, 2.05) is 0 Å². The van der Waals surface area contributed by atoms with Gasteiger partial charge < -0.3 is 14.6 Å². The molecule has 0 fully saturated rings. The third kappa shape index (κ3) is 5.60. The summed E-state index contributed by atoms with van der Waals surface area (Å²) in [6, 6.07) is 6.02. The highest BCUT2D eigenvalue weighted by Gasteiger charge is 2.38. The van der Waals surface area contributed by atoms with Crippen LogP contribution in [-0.2, 0) is 21.8 Å². The molecule has 3 atom stereocenters. The van der Waals surface area contributed by atoms with E-state index in [9.17, 15) is 35.8 Å². The molecule has 1 heterocycles. The van der Waals surface area contributed by atoms with Crippen LogP contribution in [0.25, 0.3) is 0 Å². The van der Waals surface area contributed by atoms with Gasteiger partial charge in [0, 0.05) is 5.56 Å². The first kappa shape index (κ1) is 23.2. The lowest BCUT2D eigenvalue weighted by molar-refractivity contribution is -0.151. The highest BCUT2D eigenvalue weighted by molar-refractivity contribution is 6.03. The molecule has 2 aromatic rings. The second-order valence-corrected chi connectivity index (χ2v) is 6.78. The Labute approximate surface area is 171 Å². The fraction of sp³-hybridized carbons (Fsp3) is 0.350. The number of alkyl halides is 6. The van der Waals surface area contributed by atoms with Crippen molar-refractivity contribution in [2.24, 2.45) is 4.99 Å². The van der Waals surface area contributed by atoms with Gasteiger partial charge in [0.15, 0.2) is 6.23 Å². The van der Waals surface area contributed by atoms with Crippen LogP contribution in [0.3, 0.4) is 0 Å². The predicted octanol–water partition coefficient (Wildman–Crippen LogP) is 5.10. The number of hydrogen-bond donors (Lipinski definition) is 1. The Balaban J connectivity index is 1.93. The van der Waals surface area contributed by atoms with Crippen molar-refractivity contribution in [3.63, 3.8) is 0 Å². The summed E-state index contributed by atoms with van der Waals surface area (Å²) in [5.74, 6) is -0.545. The molecule has 0 unspecified atom stereocenters. The zero-order chi connectivity index (χ0) is 23.0. The summed E-state index contributed by atoms with van der Waals surface area (Å²) in [6.45, 7) is 0.949. The van der Waals surface area contributed by atoms with Crippen molar-refractivity contribution in [3.8, 4) is 0 Å². The van der Waals surface area contributed by atoms with Crippen LogP contribution < -0.4 is 0 Å². The quantitative estimate of drug-likeness (QED) is 0.658. The van der Waals surface area contributed by atoms with Gasteiger partial charge in [-0.25, -0.2) is 4.39 Å². The van der Waals surface area contributed by atoms with Gasteiger partial charge in [0.2, 0.25) is 6.29 Å². The van der Waals surface area contributed by atoms with E-state index >= 15 is 0 Å². The Morgan fingerprint density at radius 2 is 1.55 bits per heavy atom. The number of halogens is 7. The van der Waals surface area contributed by atoms with E-state index in [1.165, 1.54) is 19.1 Å². The maximum Gasteiger partial charge on any atom is 0.416 e. The van der Waals surface area contributed by atoms with E-state index in [0.29, 0.717) is 17.7 Å². The number of ether oxygens (including phenoxy) is 2. The Morgan fingerprint density at radius 3 is 2.06 bits per heavy atom.